The molecule has 2 aliphatic rings. The maximum atomic E-state index is 13.7. The molecule has 1 aliphatic carbocycles. The van der Waals surface area contributed by atoms with Crippen molar-refractivity contribution in [3.8, 4) is 0 Å². The fourth-order valence-corrected chi connectivity index (χ4v) is 5.50. The Morgan fingerprint density at radius 3 is 2.74 bits per heavy atom. The molecule has 126 valence electrons. The molecule has 23 heavy (non-hydrogen) atoms. The summed E-state index contributed by atoms with van der Waals surface area (Å²) in [6.45, 7) is 1.78. The van der Waals surface area contributed by atoms with Gasteiger partial charge < -0.3 is 5.32 Å². The zero-order chi connectivity index (χ0) is 16.6. The molecule has 1 saturated carbocycles. The van der Waals surface area contributed by atoms with Gasteiger partial charge in [-0.15, -0.1) is 0 Å². The summed E-state index contributed by atoms with van der Waals surface area (Å²) in [5.41, 5.74) is -0.0991. The Labute approximate surface area is 135 Å². The van der Waals surface area contributed by atoms with Gasteiger partial charge in [0.1, 0.15) is 5.82 Å². The highest BCUT2D eigenvalue weighted by molar-refractivity contribution is 7.89. The van der Waals surface area contributed by atoms with E-state index in [0.29, 0.717) is 12.5 Å². The fourth-order valence-electron chi connectivity index (χ4n) is 3.75. The highest BCUT2D eigenvalue weighted by atomic mass is 32.2. The van der Waals surface area contributed by atoms with E-state index in [-0.39, 0.29) is 16.6 Å². The molecular formula is C16H21FN2O3S. The van der Waals surface area contributed by atoms with E-state index in [9.17, 15) is 17.6 Å². The fraction of sp³-hybridized carbons (Fsp3) is 0.562. The quantitative estimate of drug-likeness (QED) is 0.920. The maximum Gasteiger partial charge on any atom is 0.243 e. The summed E-state index contributed by atoms with van der Waals surface area (Å²) in [7, 11) is -3.67. The molecule has 7 heteroatoms. The maximum absolute atomic E-state index is 13.7. The van der Waals surface area contributed by atoms with Gasteiger partial charge in [0.05, 0.1) is 10.6 Å². The molecule has 1 aromatic carbocycles. The Morgan fingerprint density at radius 2 is 2.00 bits per heavy atom. The predicted molar refractivity (Wildman–Crippen MR) is 85.0 cm³/mol. The number of anilines is 1. The van der Waals surface area contributed by atoms with Gasteiger partial charge in [-0.2, -0.15) is 4.31 Å². The molecule has 1 amide bonds. The average Bonchev–Trinajstić information content (AvgIpc) is 2.93. The second-order valence-corrected chi connectivity index (χ2v) is 8.23. The normalized spacial score (nSPS) is 25.1. The summed E-state index contributed by atoms with van der Waals surface area (Å²) in [5, 5.41) is 2.34. The van der Waals surface area contributed by atoms with Crippen LogP contribution in [-0.2, 0) is 14.8 Å². The number of hydrogen-bond acceptors (Lipinski definition) is 3. The summed E-state index contributed by atoms with van der Waals surface area (Å²) in [4.78, 5) is 11.2. The lowest BCUT2D eigenvalue weighted by molar-refractivity contribution is -0.114. The number of nitrogens with one attached hydrogen (secondary N) is 1. The molecule has 0 bridgehead atoms. The van der Waals surface area contributed by atoms with Gasteiger partial charge in [0, 0.05) is 19.5 Å². The number of rotatable bonds is 3. The van der Waals surface area contributed by atoms with E-state index in [1.54, 1.807) is 4.31 Å². The largest absolute Gasteiger partial charge is 0.324 e. The first kappa shape index (κ1) is 16.4. The number of benzene rings is 1. The van der Waals surface area contributed by atoms with Gasteiger partial charge in [0.25, 0.3) is 0 Å². The van der Waals surface area contributed by atoms with Crippen LogP contribution in [0.25, 0.3) is 0 Å². The molecule has 3 rings (SSSR count). The molecule has 5 nitrogen and oxygen atoms in total. The Bertz CT molecular complexity index is 720. The number of hydrogen-bond donors (Lipinski definition) is 1. The molecule has 2 atom stereocenters. The Hall–Kier alpha value is -1.47. The standard InChI is InChI=1S/C16H21FN2O3S/c1-11(20)18-15-10-13(6-7-14(15)17)23(21,22)19-9-8-12-4-2-3-5-16(12)19/h6-7,10,12,16H,2-5,8-9H2,1H3,(H,18,20)/t12-,16+/m1/s1. The molecule has 2 fully saturated rings. The zero-order valence-electron chi connectivity index (χ0n) is 13.1. The van der Waals surface area contributed by atoms with Crippen LogP contribution < -0.4 is 5.32 Å². The Morgan fingerprint density at radius 1 is 1.26 bits per heavy atom. The Kier molecular flexibility index (Phi) is 4.42. The lowest BCUT2D eigenvalue weighted by Gasteiger charge is -2.31. The molecule has 0 unspecified atom stereocenters. The number of fused-ring (bicyclic) bond motifs is 1. The van der Waals surface area contributed by atoms with E-state index in [4.69, 9.17) is 0 Å². The molecule has 1 aromatic rings. The Balaban J connectivity index is 1.92. The third-order valence-corrected chi connectivity index (χ3v) is 6.73. The first-order valence-corrected chi connectivity index (χ1v) is 9.42. The zero-order valence-corrected chi connectivity index (χ0v) is 13.9. The number of amides is 1. The van der Waals surface area contributed by atoms with Crippen LogP contribution in [0.4, 0.5) is 10.1 Å². The van der Waals surface area contributed by atoms with Gasteiger partial charge >= 0.3 is 0 Å². The summed E-state index contributed by atoms with van der Waals surface area (Å²) in [6, 6.07) is 3.63. The van der Waals surface area contributed by atoms with E-state index in [1.807, 2.05) is 0 Å². The first-order chi connectivity index (χ1) is 10.9. The van der Waals surface area contributed by atoms with Crippen molar-refractivity contribution in [1.29, 1.82) is 0 Å². The van der Waals surface area contributed by atoms with E-state index >= 15 is 0 Å². The van der Waals surface area contributed by atoms with Crippen molar-refractivity contribution >= 4 is 21.6 Å². The van der Waals surface area contributed by atoms with Gasteiger partial charge in [-0.25, -0.2) is 12.8 Å². The van der Waals surface area contributed by atoms with Crippen LogP contribution in [0.15, 0.2) is 23.1 Å². The molecule has 1 aliphatic heterocycles. The summed E-state index contributed by atoms with van der Waals surface area (Å²) >= 11 is 0. The smallest absolute Gasteiger partial charge is 0.243 e. The summed E-state index contributed by atoms with van der Waals surface area (Å²) < 4.78 is 41.2. The number of halogens is 1. The monoisotopic (exact) mass is 340 g/mol. The predicted octanol–water partition coefficient (Wildman–Crippen LogP) is 2.74. The van der Waals surface area contributed by atoms with Crippen LogP contribution in [-0.4, -0.2) is 31.2 Å². The molecule has 1 saturated heterocycles. The molecule has 1 heterocycles. The number of carbonyl (C=O) groups excluding carboxylic acids is 1. The van der Waals surface area contributed by atoms with Crippen molar-refractivity contribution in [2.24, 2.45) is 5.92 Å². The van der Waals surface area contributed by atoms with Crippen LogP contribution in [0, 0.1) is 11.7 Å². The van der Waals surface area contributed by atoms with Crippen molar-refractivity contribution in [3.63, 3.8) is 0 Å². The van der Waals surface area contributed by atoms with E-state index < -0.39 is 21.7 Å². The van der Waals surface area contributed by atoms with Crippen LogP contribution in [0.3, 0.4) is 0 Å². The molecular weight excluding hydrogens is 319 g/mol. The summed E-state index contributed by atoms with van der Waals surface area (Å²) in [5.74, 6) is -0.642. The third-order valence-electron chi connectivity index (χ3n) is 4.81. The van der Waals surface area contributed by atoms with Crippen LogP contribution >= 0.6 is 0 Å². The van der Waals surface area contributed by atoms with Crippen LogP contribution in [0.2, 0.25) is 0 Å². The van der Waals surface area contributed by atoms with Gasteiger partial charge in [-0.1, -0.05) is 12.8 Å². The minimum Gasteiger partial charge on any atom is -0.324 e. The van der Waals surface area contributed by atoms with Gasteiger partial charge in [-0.05, 0) is 43.4 Å². The van der Waals surface area contributed by atoms with Crippen LogP contribution in [0.1, 0.15) is 39.0 Å². The van der Waals surface area contributed by atoms with Crippen molar-refractivity contribution in [2.75, 3.05) is 11.9 Å². The second kappa shape index (κ2) is 6.20. The highest BCUT2D eigenvalue weighted by Gasteiger charge is 2.42. The van der Waals surface area contributed by atoms with E-state index in [0.717, 1.165) is 38.2 Å². The van der Waals surface area contributed by atoms with Crippen molar-refractivity contribution in [2.45, 2.75) is 50.0 Å². The second-order valence-electron chi connectivity index (χ2n) is 6.34. The number of sulfonamides is 1. The molecule has 0 spiro atoms. The first-order valence-electron chi connectivity index (χ1n) is 7.98. The molecule has 1 N–H and O–H groups in total. The van der Waals surface area contributed by atoms with Crippen molar-refractivity contribution in [3.05, 3.63) is 24.0 Å². The van der Waals surface area contributed by atoms with E-state index in [1.165, 1.54) is 19.1 Å². The van der Waals surface area contributed by atoms with Gasteiger partial charge in [-0.3, -0.25) is 4.79 Å². The summed E-state index contributed by atoms with van der Waals surface area (Å²) in [6.07, 6.45) is 5.08. The van der Waals surface area contributed by atoms with Gasteiger partial charge in [0.15, 0.2) is 0 Å². The van der Waals surface area contributed by atoms with E-state index in [2.05, 4.69) is 5.32 Å². The molecule has 0 aromatic heterocycles. The number of nitrogens with zero attached hydrogens (tertiary/aromatic N) is 1. The average molecular weight is 340 g/mol. The lowest BCUT2D eigenvalue weighted by atomic mass is 9.86. The topological polar surface area (TPSA) is 66.5 Å². The SMILES string of the molecule is CC(=O)Nc1cc(S(=O)(=O)N2CC[C@H]3CCCC[C@@H]32)ccc1F. The minimum absolute atomic E-state index is 0.0360. The minimum atomic E-state index is -3.67. The lowest BCUT2D eigenvalue weighted by Crippen LogP contribution is -2.39. The number of carbonyl (C=O) groups is 1. The third kappa shape index (κ3) is 3.12. The van der Waals surface area contributed by atoms with Crippen molar-refractivity contribution in [1.82, 2.24) is 4.31 Å². The molecule has 0 radical (unpaired) electrons. The highest BCUT2D eigenvalue weighted by Crippen LogP contribution is 2.39. The van der Waals surface area contributed by atoms with Gasteiger partial charge in [0.2, 0.25) is 15.9 Å². The van der Waals surface area contributed by atoms with Crippen LogP contribution in [0.5, 0.6) is 0 Å². The van der Waals surface area contributed by atoms with Crippen molar-refractivity contribution < 1.29 is 17.6 Å².